The molecule has 2 nitrogen and oxygen atoms in total. The summed E-state index contributed by atoms with van der Waals surface area (Å²) in [5.74, 6) is -0.879. The Bertz CT molecular complexity index is 762. The summed E-state index contributed by atoms with van der Waals surface area (Å²) in [6.07, 6.45) is -15.4. The summed E-state index contributed by atoms with van der Waals surface area (Å²) >= 11 is 0. The predicted octanol–water partition coefficient (Wildman–Crippen LogP) is 5.68. The molecule has 2 rings (SSSR count). The van der Waals surface area contributed by atoms with Gasteiger partial charge in [0.05, 0.1) is 11.1 Å². The number of alkyl halides is 9. The number of ether oxygens (including phenoxy) is 1. The maximum absolute atomic E-state index is 13.2. The number of hydrogen-bond acceptors (Lipinski definition) is 2. The molecule has 0 saturated carbocycles. The lowest BCUT2D eigenvalue weighted by Crippen LogP contribution is -2.19. The van der Waals surface area contributed by atoms with E-state index in [0.29, 0.717) is 12.3 Å². The number of rotatable bonds is 2. The van der Waals surface area contributed by atoms with Gasteiger partial charge in [-0.05, 0) is 17.7 Å². The minimum absolute atomic E-state index is 0.00237. The number of aromatic nitrogens is 1. The molecule has 0 amide bonds. The summed E-state index contributed by atoms with van der Waals surface area (Å²) in [7, 11) is 0. The van der Waals surface area contributed by atoms with Crippen LogP contribution < -0.4 is 4.74 Å². The fourth-order valence-corrected chi connectivity index (χ4v) is 2.06. The molecule has 0 fully saturated rings. The molecule has 1 aromatic heterocycles. The molecule has 0 bridgehead atoms. The standard InChI is InChI=1S/C14H6F9NO/c15-12(16,17)10-6-24-5-9(11(10)13(18,19)20)7-2-1-3-8(4-7)25-14(21,22)23/h1-6H. The number of pyridine rings is 1. The maximum Gasteiger partial charge on any atom is 0.573 e. The van der Waals surface area contributed by atoms with E-state index in [4.69, 9.17) is 0 Å². The monoisotopic (exact) mass is 375 g/mol. The number of benzene rings is 1. The van der Waals surface area contributed by atoms with Gasteiger partial charge in [0.25, 0.3) is 0 Å². The predicted molar refractivity (Wildman–Crippen MR) is 66.4 cm³/mol. The van der Waals surface area contributed by atoms with Gasteiger partial charge in [-0.25, -0.2) is 0 Å². The Morgan fingerprint density at radius 1 is 0.800 bits per heavy atom. The Hall–Kier alpha value is -2.46. The molecule has 0 N–H and O–H groups in total. The highest BCUT2D eigenvalue weighted by Crippen LogP contribution is 2.44. The average Bonchev–Trinajstić information content (AvgIpc) is 2.43. The molecule has 0 aliphatic rings. The van der Waals surface area contributed by atoms with Crippen LogP contribution in [0.5, 0.6) is 5.75 Å². The summed E-state index contributed by atoms with van der Waals surface area (Å²) < 4.78 is 118. The van der Waals surface area contributed by atoms with Gasteiger partial charge in [0.15, 0.2) is 0 Å². The van der Waals surface area contributed by atoms with Gasteiger partial charge < -0.3 is 4.74 Å². The minimum Gasteiger partial charge on any atom is -0.406 e. The van der Waals surface area contributed by atoms with Crippen molar-refractivity contribution < 1.29 is 44.3 Å². The average molecular weight is 375 g/mol. The van der Waals surface area contributed by atoms with E-state index in [2.05, 4.69) is 9.72 Å². The number of halogens is 9. The lowest BCUT2D eigenvalue weighted by atomic mass is 9.97. The van der Waals surface area contributed by atoms with Crippen molar-refractivity contribution in [3.05, 3.63) is 47.8 Å². The molecule has 2 aromatic rings. The molecule has 1 heterocycles. The topological polar surface area (TPSA) is 22.1 Å². The smallest absolute Gasteiger partial charge is 0.406 e. The second-order valence-electron chi connectivity index (χ2n) is 4.68. The van der Waals surface area contributed by atoms with Crippen molar-refractivity contribution in [2.75, 3.05) is 0 Å². The van der Waals surface area contributed by atoms with E-state index < -0.39 is 46.7 Å². The second-order valence-corrected chi connectivity index (χ2v) is 4.68. The van der Waals surface area contributed by atoms with Crippen molar-refractivity contribution in [3.63, 3.8) is 0 Å². The van der Waals surface area contributed by atoms with Crippen molar-refractivity contribution in [2.24, 2.45) is 0 Å². The third kappa shape index (κ3) is 4.54. The number of hydrogen-bond donors (Lipinski definition) is 0. The largest absolute Gasteiger partial charge is 0.573 e. The van der Waals surface area contributed by atoms with Crippen LogP contribution in [0.2, 0.25) is 0 Å². The van der Waals surface area contributed by atoms with Crippen LogP contribution in [-0.2, 0) is 12.4 Å². The number of nitrogens with zero attached hydrogens (tertiary/aromatic N) is 1. The molecule has 25 heavy (non-hydrogen) atoms. The van der Waals surface area contributed by atoms with Gasteiger partial charge in [-0.2, -0.15) is 26.3 Å². The Balaban J connectivity index is 2.66. The van der Waals surface area contributed by atoms with Gasteiger partial charge in [0, 0.05) is 18.0 Å². The van der Waals surface area contributed by atoms with Crippen LogP contribution in [0.1, 0.15) is 11.1 Å². The highest BCUT2D eigenvalue weighted by molar-refractivity contribution is 5.70. The zero-order chi connectivity index (χ0) is 19.0. The highest BCUT2D eigenvalue weighted by Gasteiger charge is 2.45. The van der Waals surface area contributed by atoms with Gasteiger partial charge >= 0.3 is 18.7 Å². The molecular formula is C14H6F9NO. The first-order valence-corrected chi connectivity index (χ1v) is 6.27. The van der Waals surface area contributed by atoms with Gasteiger partial charge in [0.2, 0.25) is 0 Å². The highest BCUT2D eigenvalue weighted by atomic mass is 19.4. The van der Waals surface area contributed by atoms with Crippen molar-refractivity contribution in [2.45, 2.75) is 18.7 Å². The van der Waals surface area contributed by atoms with Crippen LogP contribution in [-0.4, -0.2) is 11.3 Å². The van der Waals surface area contributed by atoms with E-state index in [9.17, 15) is 39.5 Å². The van der Waals surface area contributed by atoms with E-state index in [1.165, 1.54) is 0 Å². The first kappa shape index (κ1) is 18.9. The Kier molecular flexibility index (Phi) is 4.62. The van der Waals surface area contributed by atoms with E-state index in [-0.39, 0.29) is 6.20 Å². The van der Waals surface area contributed by atoms with E-state index >= 15 is 0 Å². The lowest BCUT2D eigenvalue weighted by Gasteiger charge is -2.19. The Labute approximate surface area is 133 Å². The third-order valence-corrected chi connectivity index (χ3v) is 2.91. The van der Waals surface area contributed by atoms with Crippen LogP contribution in [0.3, 0.4) is 0 Å². The SMILES string of the molecule is FC(F)(F)Oc1cccc(-c2cncc(C(F)(F)F)c2C(F)(F)F)c1. The van der Waals surface area contributed by atoms with E-state index in [1.54, 1.807) is 0 Å². The van der Waals surface area contributed by atoms with Crippen LogP contribution >= 0.6 is 0 Å². The van der Waals surface area contributed by atoms with Gasteiger partial charge in [-0.15, -0.1) is 13.2 Å². The van der Waals surface area contributed by atoms with Gasteiger partial charge in [0.1, 0.15) is 5.75 Å². The fourth-order valence-electron chi connectivity index (χ4n) is 2.06. The van der Waals surface area contributed by atoms with Crippen LogP contribution in [0, 0.1) is 0 Å². The van der Waals surface area contributed by atoms with Crippen molar-refractivity contribution in [1.29, 1.82) is 0 Å². The molecule has 0 saturated heterocycles. The maximum atomic E-state index is 13.2. The van der Waals surface area contributed by atoms with E-state index in [1.807, 2.05) is 0 Å². The molecule has 0 spiro atoms. The summed E-state index contributed by atoms with van der Waals surface area (Å²) in [6.45, 7) is 0. The second kappa shape index (κ2) is 6.12. The molecule has 11 heteroatoms. The molecule has 0 unspecified atom stereocenters. The summed E-state index contributed by atoms with van der Waals surface area (Å²) in [4.78, 5) is 3.12. The van der Waals surface area contributed by atoms with Crippen LogP contribution in [0.15, 0.2) is 36.7 Å². The molecule has 0 atom stereocenters. The van der Waals surface area contributed by atoms with Crippen molar-refractivity contribution in [3.8, 4) is 16.9 Å². The fraction of sp³-hybridized carbons (Fsp3) is 0.214. The normalized spacial score (nSPS) is 13.0. The molecule has 0 aliphatic carbocycles. The minimum atomic E-state index is -5.41. The van der Waals surface area contributed by atoms with Crippen LogP contribution in [0.4, 0.5) is 39.5 Å². The summed E-state index contributed by atoms with van der Waals surface area (Å²) in [5.41, 5.74) is -5.67. The molecular weight excluding hydrogens is 369 g/mol. The first-order chi connectivity index (χ1) is 11.3. The Morgan fingerprint density at radius 2 is 1.44 bits per heavy atom. The zero-order valence-electron chi connectivity index (χ0n) is 11.7. The summed E-state index contributed by atoms with van der Waals surface area (Å²) in [5, 5.41) is 0. The lowest BCUT2D eigenvalue weighted by molar-refractivity contribution is -0.274. The van der Waals surface area contributed by atoms with Crippen LogP contribution in [0.25, 0.3) is 11.1 Å². The summed E-state index contributed by atoms with van der Waals surface area (Å²) in [6, 6.07) is 3.16. The first-order valence-electron chi connectivity index (χ1n) is 6.27. The van der Waals surface area contributed by atoms with Crippen molar-refractivity contribution in [1.82, 2.24) is 4.98 Å². The third-order valence-electron chi connectivity index (χ3n) is 2.91. The quantitative estimate of drug-likeness (QED) is 0.630. The van der Waals surface area contributed by atoms with Crippen molar-refractivity contribution >= 4 is 0 Å². The Morgan fingerprint density at radius 3 is 1.96 bits per heavy atom. The van der Waals surface area contributed by atoms with Gasteiger partial charge in [-0.1, -0.05) is 12.1 Å². The zero-order valence-corrected chi connectivity index (χ0v) is 11.7. The molecule has 0 radical (unpaired) electrons. The van der Waals surface area contributed by atoms with E-state index in [0.717, 1.165) is 18.2 Å². The van der Waals surface area contributed by atoms with Gasteiger partial charge in [-0.3, -0.25) is 4.98 Å². The molecule has 0 aliphatic heterocycles. The molecule has 1 aromatic carbocycles. The molecule has 136 valence electrons.